The maximum Gasteiger partial charge on any atom is 0.279 e. The minimum atomic E-state index is -0.204. The van der Waals surface area contributed by atoms with Crippen molar-refractivity contribution in [1.82, 2.24) is 5.32 Å². The standard InChI is InChI=1S/C13H17N3O2/c14-16-11-3-1-2-10(9-4-6-15-7-5-9)13(11)18-8-12(16)17/h1-3,9,15H,4-8,14H2. The van der Waals surface area contributed by atoms with Crippen LogP contribution in [0.4, 0.5) is 5.69 Å². The third kappa shape index (κ3) is 1.85. The van der Waals surface area contributed by atoms with Crippen molar-refractivity contribution in [3.8, 4) is 5.75 Å². The SMILES string of the molecule is NN1C(=O)COc2c(C3CCNCC3)cccc21. The van der Waals surface area contributed by atoms with Crippen molar-refractivity contribution in [3.63, 3.8) is 0 Å². The van der Waals surface area contributed by atoms with E-state index in [9.17, 15) is 4.79 Å². The van der Waals surface area contributed by atoms with Gasteiger partial charge in [-0.25, -0.2) is 10.9 Å². The van der Waals surface area contributed by atoms with E-state index in [1.807, 2.05) is 12.1 Å². The largest absolute Gasteiger partial charge is 0.481 e. The third-order valence-electron chi connectivity index (χ3n) is 3.67. The Bertz CT molecular complexity index is 469. The number of rotatable bonds is 1. The molecule has 1 aromatic rings. The highest BCUT2D eigenvalue weighted by atomic mass is 16.5. The van der Waals surface area contributed by atoms with Gasteiger partial charge in [0.05, 0.1) is 0 Å². The van der Waals surface area contributed by atoms with Crippen molar-refractivity contribution in [2.24, 2.45) is 5.84 Å². The fourth-order valence-corrected chi connectivity index (χ4v) is 2.68. The first-order valence-corrected chi connectivity index (χ1v) is 6.31. The molecule has 2 aliphatic heterocycles. The summed E-state index contributed by atoms with van der Waals surface area (Å²) in [5.41, 5.74) is 1.86. The third-order valence-corrected chi connectivity index (χ3v) is 3.67. The van der Waals surface area contributed by atoms with E-state index in [-0.39, 0.29) is 12.5 Å². The van der Waals surface area contributed by atoms with Gasteiger partial charge in [-0.1, -0.05) is 12.1 Å². The maximum atomic E-state index is 11.5. The van der Waals surface area contributed by atoms with Crippen LogP contribution in [0.25, 0.3) is 0 Å². The summed E-state index contributed by atoms with van der Waals surface area (Å²) in [6.45, 7) is 2.09. The monoisotopic (exact) mass is 247 g/mol. The van der Waals surface area contributed by atoms with E-state index in [1.165, 1.54) is 10.6 Å². The lowest BCUT2D eigenvalue weighted by Crippen LogP contribution is -2.44. The van der Waals surface area contributed by atoms with Crippen LogP contribution in [0.1, 0.15) is 24.3 Å². The second-order valence-electron chi connectivity index (χ2n) is 4.77. The van der Waals surface area contributed by atoms with Crippen molar-refractivity contribution in [1.29, 1.82) is 0 Å². The number of amides is 1. The predicted molar refractivity (Wildman–Crippen MR) is 68.5 cm³/mol. The summed E-state index contributed by atoms with van der Waals surface area (Å²) < 4.78 is 5.60. The highest BCUT2D eigenvalue weighted by molar-refractivity contribution is 5.97. The summed E-state index contributed by atoms with van der Waals surface area (Å²) in [6, 6.07) is 5.85. The second-order valence-corrected chi connectivity index (χ2v) is 4.77. The van der Waals surface area contributed by atoms with Gasteiger partial charge >= 0.3 is 0 Å². The highest BCUT2D eigenvalue weighted by Crippen LogP contribution is 2.40. The molecule has 0 atom stereocenters. The lowest BCUT2D eigenvalue weighted by atomic mass is 9.89. The molecule has 1 fully saturated rings. The number of carbonyl (C=O) groups is 1. The Morgan fingerprint density at radius 3 is 2.89 bits per heavy atom. The molecule has 0 aromatic heterocycles. The number of fused-ring (bicyclic) bond motifs is 1. The molecule has 0 aliphatic carbocycles. The number of carbonyl (C=O) groups excluding carboxylic acids is 1. The topological polar surface area (TPSA) is 67.6 Å². The van der Waals surface area contributed by atoms with Gasteiger partial charge in [-0.05, 0) is 43.5 Å². The Labute approximate surface area is 106 Å². The van der Waals surface area contributed by atoms with E-state index in [0.717, 1.165) is 31.7 Å². The fourth-order valence-electron chi connectivity index (χ4n) is 2.68. The lowest BCUT2D eigenvalue weighted by Gasteiger charge is -2.30. The van der Waals surface area contributed by atoms with Gasteiger partial charge in [-0.2, -0.15) is 0 Å². The highest BCUT2D eigenvalue weighted by Gasteiger charge is 2.28. The number of hydrazine groups is 1. The van der Waals surface area contributed by atoms with Crippen LogP contribution in [0.15, 0.2) is 18.2 Å². The normalized spacial score (nSPS) is 20.5. The van der Waals surface area contributed by atoms with Crippen molar-refractivity contribution >= 4 is 11.6 Å². The summed E-state index contributed by atoms with van der Waals surface area (Å²) in [4.78, 5) is 11.5. The molecule has 3 N–H and O–H groups in total. The average molecular weight is 247 g/mol. The maximum absolute atomic E-state index is 11.5. The smallest absolute Gasteiger partial charge is 0.279 e. The molecule has 1 aromatic carbocycles. The Hall–Kier alpha value is -1.59. The zero-order chi connectivity index (χ0) is 12.5. The molecule has 18 heavy (non-hydrogen) atoms. The Morgan fingerprint density at radius 2 is 2.11 bits per heavy atom. The minimum absolute atomic E-state index is 0.0332. The van der Waals surface area contributed by atoms with Gasteiger partial charge in [0.1, 0.15) is 11.4 Å². The second kappa shape index (κ2) is 4.59. The van der Waals surface area contributed by atoms with Gasteiger partial charge in [-0.15, -0.1) is 0 Å². The molecule has 3 rings (SSSR count). The molecule has 0 radical (unpaired) electrons. The van der Waals surface area contributed by atoms with Crippen LogP contribution in [-0.2, 0) is 4.79 Å². The fraction of sp³-hybridized carbons (Fsp3) is 0.462. The van der Waals surface area contributed by atoms with Gasteiger partial charge in [0.2, 0.25) is 0 Å². The van der Waals surface area contributed by atoms with Crippen LogP contribution < -0.4 is 20.9 Å². The lowest BCUT2D eigenvalue weighted by molar-refractivity contribution is -0.121. The van der Waals surface area contributed by atoms with Crippen molar-refractivity contribution in [2.75, 3.05) is 24.7 Å². The number of nitrogens with zero attached hydrogens (tertiary/aromatic N) is 1. The average Bonchev–Trinajstić information content (AvgIpc) is 2.43. The number of nitrogens with one attached hydrogen (secondary N) is 1. The summed E-state index contributed by atoms with van der Waals surface area (Å²) in [6.07, 6.45) is 2.19. The number of piperidine rings is 1. The van der Waals surface area contributed by atoms with Crippen LogP contribution in [0, 0.1) is 0 Å². The van der Waals surface area contributed by atoms with Gasteiger partial charge in [0, 0.05) is 0 Å². The number of ether oxygens (including phenoxy) is 1. The molecule has 0 spiro atoms. The van der Waals surface area contributed by atoms with Crippen LogP contribution >= 0.6 is 0 Å². The Kier molecular flexibility index (Phi) is 2.93. The van der Waals surface area contributed by atoms with Crippen LogP contribution in [-0.4, -0.2) is 25.6 Å². The zero-order valence-corrected chi connectivity index (χ0v) is 10.2. The summed E-state index contributed by atoms with van der Waals surface area (Å²) >= 11 is 0. The number of para-hydroxylation sites is 1. The number of hydrogen-bond acceptors (Lipinski definition) is 4. The van der Waals surface area contributed by atoms with E-state index in [2.05, 4.69) is 11.4 Å². The van der Waals surface area contributed by atoms with E-state index < -0.39 is 0 Å². The summed E-state index contributed by atoms with van der Waals surface area (Å²) in [7, 11) is 0. The number of benzene rings is 1. The molecule has 2 heterocycles. The van der Waals surface area contributed by atoms with Gasteiger partial charge < -0.3 is 10.1 Å². The number of anilines is 1. The van der Waals surface area contributed by atoms with Crippen molar-refractivity contribution in [2.45, 2.75) is 18.8 Å². The Balaban J connectivity index is 1.98. The Morgan fingerprint density at radius 1 is 1.33 bits per heavy atom. The van der Waals surface area contributed by atoms with Crippen molar-refractivity contribution in [3.05, 3.63) is 23.8 Å². The first-order chi connectivity index (χ1) is 8.77. The molecule has 1 saturated heterocycles. The van der Waals surface area contributed by atoms with Gasteiger partial charge in [0.25, 0.3) is 5.91 Å². The molecular weight excluding hydrogens is 230 g/mol. The summed E-state index contributed by atoms with van der Waals surface area (Å²) in [5.74, 6) is 6.85. The molecule has 0 bridgehead atoms. The van der Waals surface area contributed by atoms with E-state index >= 15 is 0 Å². The molecule has 96 valence electrons. The molecule has 5 nitrogen and oxygen atoms in total. The molecule has 1 amide bonds. The van der Waals surface area contributed by atoms with E-state index in [4.69, 9.17) is 10.6 Å². The minimum Gasteiger partial charge on any atom is -0.481 e. The summed E-state index contributed by atoms with van der Waals surface area (Å²) in [5, 5.41) is 4.55. The molecule has 5 heteroatoms. The van der Waals surface area contributed by atoms with Crippen LogP contribution in [0.2, 0.25) is 0 Å². The number of hydrogen-bond donors (Lipinski definition) is 2. The molecular formula is C13H17N3O2. The van der Waals surface area contributed by atoms with Gasteiger partial charge in [-0.3, -0.25) is 4.79 Å². The van der Waals surface area contributed by atoms with Crippen LogP contribution in [0.3, 0.4) is 0 Å². The number of nitrogens with two attached hydrogens (primary N) is 1. The first-order valence-electron chi connectivity index (χ1n) is 6.31. The van der Waals surface area contributed by atoms with Crippen molar-refractivity contribution < 1.29 is 9.53 Å². The predicted octanol–water partition coefficient (Wildman–Crippen LogP) is 0.753. The van der Waals surface area contributed by atoms with E-state index in [0.29, 0.717) is 11.6 Å². The van der Waals surface area contributed by atoms with Gasteiger partial charge in [0.15, 0.2) is 6.61 Å². The molecule has 0 saturated carbocycles. The van der Waals surface area contributed by atoms with E-state index in [1.54, 1.807) is 0 Å². The quantitative estimate of drug-likeness (QED) is 0.568. The molecule has 2 aliphatic rings. The zero-order valence-electron chi connectivity index (χ0n) is 10.2. The first kappa shape index (κ1) is 11.5. The molecule has 0 unspecified atom stereocenters. The van der Waals surface area contributed by atoms with Crippen LogP contribution in [0.5, 0.6) is 5.75 Å².